The van der Waals surface area contributed by atoms with Crippen LogP contribution in [-0.4, -0.2) is 32.4 Å². The number of hydrogen-bond acceptors (Lipinski definition) is 4. The zero-order valence-electron chi connectivity index (χ0n) is 30.5. The van der Waals surface area contributed by atoms with Gasteiger partial charge in [0.1, 0.15) is 22.6 Å². The first-order chi connectivity index (χ1) is 25.0. The first-order valence-corrected chi connectivity index (χ1v) is 17.4. The number of carboxylic acid groups (broad SMARTS) is 2. The third-order valence-corrected chi connectivity index (χ3v) is 9.92. The molecule has 4 N–H and O–H groups in total. The quantitative estimate of drug-likeness (QED) is 0.103. The van der Waals surface area contributed by atoms with Gasteiger partial charge in [0.15, 0.2) is 0 Å². The molecule has 0 aromatic heterocycles. The molecule has 6 aromatic carbocycles. The minimum Gasteiger partial charge on any atom is -0.507 e. The van der Waals surface area contributed by atoms with Crippen LogP contribution < -0.4 is 0 Å². The summed E-state index contributed by atoms with van der Waals surface area (Å²) >= 11 is 0. The molecule has 0 spiro atoms. The minimum absolute atomic E-state index is 0. The Balaban J connectivity index is 0.000000232. The fraction of sp³-hybridized carbons (Fsp3) is 0.174. The fourth-order valence-electron chi connectivity index (χ4n) is 6.56. The molecule has 266 valence electrons. The fourth-order valence-corrected chi connectivity index (χ4v) is 6.56. The van der Waals surface area contributed by atoms with Gasteiger partial charge in [-0.15, -0.1) is 0 Å². The van der Waals surface area contributed by atoms with E-state index in [0.717, 1.165) is 33.4 Å². The summed E-state index contributed by atoms with van der Waals surface area (Å²) in [6.45, 7) is 8.05. The van der Waals surface area contributed by atoms with Crippen LogP contribution in [0.3, 0.4) is 0 Å². The van der Waals surface area contributed by atoms with Gasteiger partial charge in [-0.05, 0) is 45.5 Å². The smallest absolute Gasteiger partial charge is 0.339 e. The van der Waals surface area contributed by atoms with E-state index in [2.05, 4.69) is 0 Å². The van der Waals surface area contributed by atoms with E-state index >= 15 is 0 Å². The van der Waals surface area contributed by atoms with E-state index in [4.69, 9.17) is 0 Å². The molecule has 4 atom stereocenters. The van der Waals surface area contributed by atoms with Crippen LogP contribution in [0.1, 0.15) is 117 Å². The number of aromatic hydroxyl groups is 2. The van der Waals surface area contributed by atoms with Crippen LogP contribution in [0.2, 0.25) is 0 Å². The number of benzene rings is 6. The van der Waals surface area contributed by atoms with Crippen molar-refractivity contribution in [3.63, 3.8) is 0 Å². The number of phenols is 2. The van der Waals surface area contributed by atoms with Crippen molar-refractivity contribution < 1.29 is 49.5 Å². The van der Waals surface area contributed by atoms with Crippen molar-refractivity contribution in [2.75, 3.05) is 0 Å². The van der Waals surface area contributed by atoms with Gasteiger partial charge in [0.2, 0.25) is 0 Å². The molecule has 0 radical (unpaired) electrons. The SMILES string of the molecule is CC(c1ccccc1)c1cc(C(=O)O)c(O)c(C(C)c2ccccc2)c1.CC(c1ccccc1)c1cc(C(=O)O)c(O)c(C(C)c2ccccc2)c1.[Zn]. The van der Waals surface area contributed by atoms with Gasteiger partial charge >= 0.3 is 11.9 Å². The van der Waals surface area contributed by atoms with Crippen molar-refractivity contribution in [1.82, 2.24) is 0 Å². The van der Waals surface area contributed by atoms with Crippen LogP contribution in [0.5, 0.6) is 11.5 Å². The van der Waals surface area contributed by atoms with E-state index in [0.29, 0.717) is 11.1 Å². The Morgan fingerprint density at radius 2 is 0.642 bits per heavy atom. The maximum absolute atomic E-state index is 11.7. The first-order valence-electron chi connectivity index (χ1n) is 17.4. The summed E-state index contributed by atoms with van der Waals surface area (Å²) in [5, 5.41) is 40.3. The zero-order valence-corrected chi connectivity index (χ0v) is 33.4. The van der Waals surface area contributed by atoms with Gasteiger partial charge in [-0.1, -0.05) is 161 Å². The molecular weight excluding hydrogens is 714 g/mol. The second-order valence-corrected chi connectivity index (χ2v) is 13.2. The largest absolute Gasteiger partial charge is 0.507 e. The van der Waals surface area contributed by atoms with Gasteiger partial charge in [-0.25, -0.2) is 9.59 Å². The van der Waals surface area contributed by atoms with Crippen LogP contribution in [-0.2, 0) is 19.5 Å². The second-order valence-electron chi connectivity index (χ2n) is 13.2. The summed E-state index contributed by atoms with van der Waals surface area (Å²) < 4.78 is 0. The number of carboxylic acids is 2. The Hall–Kier alpha value is -5.52. The normalized spacial score (nSPS) is 12.9. The molecule has 6 nitrogen and oxygen atoms in total. The van der Waals surface area contributed by atoms with E-state index in [1.54, 1.807) is 12.1 Å². The van der Waals surface area contributed by atoms with Crippen molar-refractivity contribution in [1.29, 1.82) is 0 Å². The van der Waals surface area contributed by atoms with Gasteiger partial charge in [-0.3, -0.25) is 0 Å². The molecule has 0 aliphatic carbocycles. The molecule has 0 saturated heterocycles. The standard InChI is InChI=1S/2C23H22O3.Zn/c2*1-15(17-9-5-3-6-10-17)19-13-20(22(24)21(14-19)23(25)26)16(2)18-11-7-4-8-12-18;/h2*3-16,24H,1-2H3,(H,25,26);. The number of carbonyl (C=O) groups is 2. The van der Waals surface area contributed by atoms with E-state index in [9.17, 15) is 30.0 Å². The number of hydrogen-bond donors (Lipinski definition) is 4. The minimum atomic E-state index is -1.12. The van der Waals surface area contributed by atoms with Gasteiger partial charge in [0, 0.05) is 54.3 Å². The number of rotatable bonds is 10. The third-order valence-electron chi connectivity index (χ3n) is 9.92. The monoisotopic (exact) mass is 756 g/mol. The third kappa shape index (κ3) is 9.48. The Bertz CT molecular complexity index is 1960. The Labute approximate surface area is 324 Å². The molecule has 0 amide bonds. The van der Waals surface area contributed by atoms with E-state index in [1.165, 1.54) is 0 Å². The summed E-state index contributed by atoms with van der Waals surface area (Å²) in [5.41, 5.74) is 7.19. The molecule has 0 heterocycles. The predicted molar refractivity (Wildman–Crippen MR) is 206 cm³/mol. The van der Waals surface area contributed by atoms with Gasteiger partial charge in [0.05, 0.1) is 0 Å². The van der Waals surface area contributed by atoms with Crippen LogP contribution >= 0.6 is 0 Å². The van der Waals surface area contributed by atoms with E-state index < -0.39 is 11.9 Å². The van der Waals surface area contributed by atoms with E-state index in [-0.39, 0.29) is 65.8 Å². The van der Waals surface area contributed by atoms with E-state index in [1.807, 2.05) is 161 Å². The summed E-state index contributed by atoms with van der Waals surface area (Å²) in [4.78, 5) is 23.4. The average Bonchev–Trinajstić information content (AvgIpc) is 3.18. The summed E-state index contributed by atoms with van der Waals surface area (Å²) in [6.07, 6.45) is 0. The Morgan fingerprint density at radius 1 is 0.396 bits per heavy atom. The van der Waals surface area contributed by atoms with Crippen LogP contribution in [0.4, 0.5) is 0 Å². The summed E-state index contributed by atoms with van der Waals surface area (Å²) in [6, 6.07) is 46.5. The van der Waals surface area contributed by atoms with Crippen LogP contribution in [0, 0.1) is 0 Å². The van der Waals surface area contributed by atoms with Crippen molar-refractivity contribution in [3.8, 4) is 11.5 Å². The maximum Gasteiger partial charge on any atom is 0.339 e. The summed E-state index contributed by atoms with van der Waals surface area (Å²) in [5.74, 6) is -2.73. The zero-order chi connectivity index (χ0) is 37.4. The van der Waals surface area contributed by atoms with Gasteiger partial charge in [0.25, 0.3) is 0 Å². The number of aromatic carboxylic acids is 2. The topological polar surface area (TPSA) is 115 Å². The van der Waals surface area contributed by atoms with Crippen molar-refractivity contribution in [2.45, 2.75) is 51.4 Å². The molecule has 0 saturated carbocycles. The van der Waals surface area contributed by atoms with Crippen molar-refractivity contribution in [2.24, 2.45) is 0 Å². The van der Waals surface area contributed by atoms with Crippen molar-refractivity contribution in [3.05, 3.63) is 201 Å². The average molecular weight is 758 g/mol. The predicted octanol–water partition coefficient (Wildman–Crippen LogP) is 10.8. The molecule has 53 heavy (non-hydrogen) atoms. The summed E-state index contributed by atoms with van der Waals surface area (Å²) in [7, 11) is 0. The molecule has 0 bridgehead atoms. The molecule has 0 aliphatic rings. The second kappa shape index (κ2) is 18.3. The molecule has 0 aliphatic heterocycles. The molecule has 4 unspecified atom stereocenters. The van der Waals surface area contributed by atoms with Crippen LogP contribution in [0.15, 0.2) is 146 Å². The molecular formula is C46H44O6Zn. The maximum atomic E-state index is 11.7. The van der Waals surface area contributed by atoms with Gasteiger partial charge in [-0.2, -0.15) is 0 Å². The van der Waals surface area contributed by atoms with Crippen molar-refractivity contribution >= 4 is 11.9 Å². The molecule has 0 fully saturated rings. The van der Waals surface area contributed by atoms with Gasteiger partial charge < -0.3 is 20.4 Å². The molecule has 6 rings (SSSR count). The Morgan fingerprint density at radius 3 is 0.887 bits per heavy atom. The molecule has 7 heteroatoms. The first kappa shape index (κ1) is 40.3. The molecule has 6 aromatic rings. The Kier molecular flexibility index (Phi) is 13.9. The van der Waals surface area contributed by atoms with Crippen LogP contribution in [0.25, 0.3) is 0 Å².